The van der Waals surface area contributed by atoms with E-state index in [-0.39, 0.29) is 31.9 Å². The van der Waals surface area contributed by atoms with Gasteiger partial charge in [-0.25, -0.2) is 4.98 Å². The zero-order valence-corrected chi connectivity index (χ0v) is 41.7. The molecule has 1 aliphatic heterocycles. The molecule has 12 rings (SSSR count). The van der Waals surface area contributed by atoms with E-state index < -0.39 is 0 Å². The van der Waals surface area contributed by atoms with Gasteiger partial charge in [-0.1, -0.05) is 144 Å². The molecule has 0 amide bonds. The van der Waals surface area contributed by atoms with Crippen molar-refractivity contribution < 1.29 is 25.8 Å². The van der Waals surface area contributed by atoms with Crippen LogP contribution < -0.4 is 14.5 Å². The molecule has 1 aliphatic rings. The van der Waals surface area contributed by atoms with Crippen LogP contribution in [0.4, 0.5) is 22.7 Å². The molecule has 0 bridgehead atoms. The van der Waals surface area contributed by atoms with E-state index in [1.165, 1.54) is 32.9 Å². The molecule has 0 atom stereocenters. The smallest absolute Gasteiger partial charge is 0.135 e. The maximum Gasteiger partial charge on any atom is 0.135 e. The van der Waals surface area contributed by atoms with E-state index in [4.69, 9.17) is 9.72 Å². The van der Waals surface area contributed by atoms with Crippen LogP contribution >= 0.6 is 0 Å². The van der Waals surface area contributed by atoms with Crippen molar-refractivity contribution in [3.63, 3.8) is 0 Å². The van der Waals surface area contributed by atoms with Crippen LogP contribution in [-0.4, -0.2) is 14.1 Å². The Kier molecular flexibility index (Phi) is 10.9. The normalized spacial score (nSPS) is 12.8. The summed E-state index contributed by atoms with van der Waals surface area (Å²) in [7, 11) is 0. The van der Waals surface area contributed by atoms with Gasteiger partial charge >= 0.3 is 0 Å². The zero-order valence-electron chi connectivity index (χ0n) is 39.4. The molecule has 0 fully saturated rings. The number of nitrogens with zero attached hydrogens (tertiary/aromatic N) is 5. The zero-order chi connectivity index (χ0) is 46.3. The Hall–Kier alpha value is -7.40. The Morgan fingerprint density at radius 3 is 1.86 bits per heavy atom. The first-order valence-electron chi connectivity index (χ1n) is 23.4. The Morgan fingerprint density at radius 2 is 1.10 bits per heavy atom. The molecule has 4 heterocycles. The van der Waals surface area contributed by atoms with Crippen LogP contribution in [0.3, 0.4) is 0 Å². The molecule has 8 aromatic carbocycles. The van der Waals surface area contributed by atoms with Gasteiger partial charge in [0.1, 0.15) is 5.82 Å². The van der Waals surface area contributed by atoms with Crippen molar-refractivity contribution in [2.24, 2.45) is 0 Å². The van der Waals surface area contributed by atoms with Crippen LogP contribution in [0.15, 0.2) is 188 Å². The first-order chi connectivity index (χ1) is 33.0. The van der Waals surface area contributed by atoms with Gasteiger partial charge in [0.15, 0.2) is 0 Å². The number of ether oxygens (including phenoxy) is 1. The molecule has 0 radical (unpaired) electrons. The molecule has 7 heteroatoms. The minimum atomic E-state index is -0.0853. The SMILES string of the molecule is CC(C)(C)c1ccnc(-n2c3[c-]c(Oc4[c-]c(N5[CH-]N(c6cc(C(C)(C)C)ccc6-c6cccc7c8ccccc8n(-c8ccccc8)c67)c6ccccc65)ccc4)ccc3c3ccccc32)c1.[Pt]. The summed E-state index contributed by atoms with van der Waals surface area (Å²) in [6.45, 7) is 15.7. The van der Waals surface area contributed by atoms with Crippen molar-refractivity contribution in [2.75, 3.05) is 9.80 Å². The number of fused-ring (bicyclic) bond motifs is 7. The molecule has 11 aromatic rings. The number of para-hydroxylation sites is 6. The summed E-state index contributed by atoms with van der Waals surface area (Å²) in [6.07, 6.45) is 1.90. The van der Waals surface area contributed by atoms with E-state index in [0.717, 1.165) is 67.2 Å². The number of hydrogen-bond donors (Lipinski definition) is 0. The fourth-order valence-corrected chi connectivity index (χ4v) is 9.94. The molecule has 69 heavy (non-hydrogen) atoms. The third-order valence-electron chi connectivity index (χ3n) is 13.4. The molecule has 6 nitrogen and oxygen atoms in total. The van der Waals surface area contributed by atoms with E-state index in [1.54, 1.807) is 0 Å². The average Bonchev–Trinajstić information content (AvgIpc) is 4.02. The Balaban J connectivity index is 0.00000520. The minimum Gasteiger partial charge on any atom is -0.509 e. The molecule has 0 saturated heterocycles. The summed E-state index contributed by atoms with van der Waals surface area (Å²) in [5, 5.41) is 4.67. The molecule has 0 unspecified atom stereocenters. The molecule has 0 N–H and O–H groups in total. The van der Waals surface area contributed by atoms with Gasteiger partial charge in [0.25, 0.3) is 0 Å². The second kappa shape index (κ2) is 17.0. The molecular formula is C62H50N5OPt-3. The fraction of sp³-hybridized carbons (Fsp3) is 0.129. The van der Waals surface area contributed by atoms with Crippen molar-refractivity contribution in [3.05, 3.63) is 218 Å². The van der Waals surface area contributed by atoms with E-state index in [0.29, 0.717) is 11.5 Å². The van der Waals surface area contributed by atoms with Gasteiger partial charge in [-0.05, 0) is 81.9 Å². The summed E-state index contributed by atoms with van der Waals surface area (Å²) in [4.78, 5) is 9.44. The van der Waals surface area contributed by atoms with Gasteiger partial charge in [0, 0.05) is 88.9 Å². The van der Waals surface area contributed by atoms with Crippen LogP contribution in [0.2, 0.25) is 0 Å². The molecular weight excluding hydrogens is 1030 g/mol. The third kappa shape index (κ3) is 7.59. The van der Waals surface area contributed by atoms with Gasteiger partial charge in [-0.3, -0.25) is 0 Å². The number of benzene rings is 8. The van der Waals surface area contributed by atoms with Crippen molar-refractivity contribution in [2.45, 2.75) is 52.4 Å². The maximum absolute atomic E-state index is 6.69. The van der Waals surface area contributed by atoms with Crippen LogP contribution in [-0.2, 0) is 31.9 Å². The maximum atomic E-state index is 6.69. The molecule has 3 aromatic heterocycles. The van der Waals surface area contributed by atoms with Crippen molar-refractivity contribution in [3.8, 4) is 34.1 Å². The predicted molar refractivity (Wildman–Crippen MR) is 281 cm³/mol. The van der Waals surface area contributed by atoms with Crippen molar-refractivity contribution in [1.82, 2.24) is 14.1 Å². The molecule has 0 spiro atoms. The van der Waals surface area contributed by atoms with Crippen LogP contribution in [0.25, 0.3) is 66.2 Å². The largest absolute Gasteiger partial charge is 0.509 e. The summed E-state index contributed by atoms with van der Waals surface area (Å²) in [6, 6.07) is 72.0. The Morgan fingerprint density at radius 1 is 0.478 bits per heavy atom. The quantitative estimate of drug-likeness (QED) is 0.149. The summed E-state index contributed by atoms with van der Waals surface area (Å²) >= 11 is 0. The topological polar surface area (TPSA) is 38.5 Å². The van der Waals surface area contributed by atoms with Gasteiger partial charge in [0.05, 0.1) is 11.0 Å². The monoisotopic (exact) mass is 1080 g/mol. The van der Waals surface area contributed by atoms with Crippen LogP contribution in [0.1, 0.15) is 52.7 Å². The first-order valence-corrected chi connectivity index (χ1v) is 23.4. The molecule has 0 saturated carbocycles. The second-order valence-electron chi connectivity index (χ2n) is 19.8. The average molecular weight is 1080 g/mol. The number of aromatic nitrogens is 3. The summed E-state index contributed by atoms with van der Waals surface area (Å²) < 4.78 is 11.3. The standard InChI is InChI=1S/C62H50N5O.Pt/c1-61(2,3)41-30-32-50(52-25-17-24-51-48-23-11-12-26-53(48)66(60(51)52)43-18-8-7-9-19-43)57(36-41)65-40-64(55-28-14-15-29-56(55)65)44-20-16-21-45(38-44)68-46-31-33-49-47-22-10-13-27-54(47)67(58(49)39-46)59-37-42(34-35-63-59)62(4,5)6;/h7-37,40H,1-6H3;/q-3;. The third-order valence-corrected chi connectivity index (χ3v) is 13.4. The van der Waals surface area contributed by atoms with Gasteiger partial charge in [-0.15, -0.1) is 48.1 Å². The van der Waals surface area contributed by atoms with Gasteiger partial charge in [-0.2, -0.15) is 12.1 Å². The van der Waals surface area contributed by atoms with E-state index in [1.807, 2.05) is 24.4 Å². The fourth-order valence-electron chi connectivity index (χ4n) is 9.94. The minimum absolute atomic E-state index is 0. The summed E-state index contributed by atoms with van der Waals surface area (Å²) in [5.74, 6) is 2.04. The van der Waals surface area contributed by atoms with Gasteiger partial charge in [0.2, 0.25) is 0 Å². The first kappa shape index (κ1) is 44.1. The van der Waals surface area contributed by atoms with Crippen molar-refractivity contribution >= 4 is 66.4 Å². The predicted octanol–water partition coefficient (Wildman–Crippen LogP) is 16.3. The van der Waals surface area contributed by atoms with Gasteiger partial charge < -0.3 is 23.7 Å². The number of anilines is 4. The van der Waals surface area contributed by atoms with Crippen LogP contribution in [0.5, 0.6) is 11.5 Å². The number of pyridine rings is 1. The van der Waals surface area contributed by atoms with E-state index >= 15 is 0 Å². The second-order valence-corrected chi connectivity index (χ2v) is 19.8. The molecule has 0 aliphatic carbocycles. The number of rotatable bonds is 7. The summed E-state index contributed by atoms with van der Waals surface area (Å²) in [5.41, 5.74) is 14.2. The molecule has 342 valence electrons. The van der Waals surface area contributed by atoms with E-state index in [2.05, 4.69) is 243 Å². The Labute approximate surface area is 418 Å². The van der Waals surface area contributed by atoms with Crippen LogP contribution in [0, 0.1) is 18.8 Å². The number of hydrogen-bond acceptors (Lipinski definition) is 4. The Bertz CT molecular complexity index is 3740. The van der Waals surface area contributed by atoms with Crippen molar-refractivity contribution in [1.29, 1.82) is 0 Å². The van der Waals surface area contributed by atoms with E-state index in [9.17, 15) is 0 Å².